The fraction of sp³-hybridized carbons (Fsp3) is 0.250. The van der Waals surface area contributed by atoms with Crippen LogP contribution in [-0.2, 0) is 21.7 Å². The Kier molecular flexibility index (Phi) is 10.9. The molecule has 152 valence electrons. The zero-order valence-corrected chi connectivity index (χ0v) is 23.3. The molecule has 0 bridgehead atoms. The van der Waals surface area contributed by atoms with Gasteiger partial charge in [0.05, 0.1) is 16.1 Å². The van der Waals surface area contributed by atoms with Crippen molar-refractivity contribution in [2.24, 2.45) is 0 Å². The second-order valence-corrected chi connectivity index (χ2v) is 19.4. The number of hydrogen-bond acceptors (Lipinski definition) is 0. The van der Waals surface area contributed by atoms with Gasteiger partial charge in [-0.15, -0.1) is 69.7 Å². The molecule has 0 aromatic heterocycles. The molecule has 29 heavy (non-hydrogen) atoms. The van der Waals surface area contributed by atoms with E-state index < -0.39 is 16.1 Å². The largest absolute Gasteiger partial charge is 4.00 e. The molecule has 0 N–H and O–H groups in total. The number of hydrogen-bond donors (Lipinski definition) is 0. The number of fused-ring (bicyclic) bond motifs is 2. The molecule has 0 saturated heterocycles. The quantitative estimate of drug-likeness (QED) is 0.277. The Morgan fingerprint density at radius 1 is 0.552 bits per heavy atom. The first-order valence-electron chi connectivity index (χ1n) is 9.46. The molecule has 0 aliphatic carbocycles. The van der Waals surface area contributed by atoms with Crippen LogP contribution in [0.3, 0.4) is 0 Å². The first kappa shape index (κ1) is 28.4. The molecular formula is C24H30Cl2Si2Ti. The van der Waals surface area contributed by atoms with Crippen molar-refractivity contribution in [2.75, 3.05) is 0 Å². The summed E-state index contributed by atoms with van der Waals surface area (Å²) in [5.74, 6) is 0. The minimum absolute atomic E-state index is 0. The zero-order chi connectivity index (χ0) is 18.9. The van der Waals surface area contributed by atoms with Crippen molar-refractivity contribution in [3.63, 3.8) is 0 Å². The van der Waals surface area contributed by atoms with Crippen molar-refractivity contribution in [3.8, 4) is 0 Å². The predicted molar refractivity (Wildman–Crippen MR) is 125 cm³/mol. The van der Waals surface area contributed by atoms with Gasteiger partial charge in [0.25, 0.3) is 0 Å². The number of benzene rings is 2. The summed E-state index contributed by atoms with van der Waals surface area (Å²) in [4.78, 5) is 0. The molecule has 0 radical (unpaired) electrons. The van der Waals surface area contributed by atoms with Crippen molar-refractivity contribution in [2.45, 2.75) is 39.3 Å². The Labute approximate surface area is 205 Å². The monoisotopic (exact) mass is 492 g/mol. The van der Waals surface area contributed by atoms with E-state index in [4.69, 9.17) is 0 Å². The van der Waals surface area contributed by atoms with Gasteiger partial charge in [0.1, 0.15) is 0 Å². The first-order chi connectivity index (χ1) is 12.1. The molecule has 0 fully saturated rings. The van der Waals surface area contributed by atoms with Gasteiger partial charge in [-0.1, -0.05) is 51.4 Å². The van der Waals surface area contributed by atoms with E-state index in [-0.39, 0.29) is 46.5 Å². The number of halogens is 2. The SMILES string of the molecule is C[Si](C)(C)c1cc2ccccc2[cH-]1.C[Si](C)(C)c1cc2ccccc2[cH-]1.[Cl-].[Cl-].[Ti+4]. The van der Waals surface area contributed by atoms with E-state index >= 15 is 0 Å². The fourth-order valence-corrected chi connectivity index (χ4v) is 5.52. The minimum atomic E-state index is -1.12. The van der Waals surface area contributed by atoms with Gasteiger partial charge in [-0.3, -0.25) is 0 Å². The smallest absolute Gasteiger partial charge is 1.00 e. The van der Waals surface area contributed by atoms with Gasteiger partial charge in [0, 0.05) is 0 Å². The number of rotatable bonds is 2. The molecule has 5 heteroatoms. The molecule has 0 unspecified atom stereocenters. The van der Waals surface area contributed by atoms with E-state index in [1.54, 1.807) is 10.4 Å². The van der Waals surface area contributed by atoms with E-state index in [0.29, 0.717) is 0 Å². The molecule has 0 aliphatic heterocycles. The average Bonchev–Trinajstić information content (AvgIpc) is 3.19. The van der Waals surface area contributed by atoms with Crippen LogP contribution in [0.2, 0.25) is 39.3 Å². The van der Waals surface area contributed by atoms with Gasteiger partial charge in [0.15, 0.2) is 0 Å². The van der Waals surface area contributed by atoms with Gasteiger partial charge in [0.2, 0.25) is 0 Å². The second-order valence-electron chi connectivity index (χ2n) is 9.25. The van der Waals surface area contributed by atoms with Crippen LogP contribution in [0, 0.1) is 0 Å². The molecule has 0 heterocycles. The third kappa shape index (κ3) is 7.24. The summed E-state index contributed by atoms with van der Waals surface area (Å²) in [5, 5.41) is 8.68. The van der Waals surface area contributed by atoms with Crippen LogP contribution in [0.1, 0.15) is 0 Å². The van der Waals surface area contributed by atoms with E-state index in [1.807, 2.05) is 0 Å². The second kappa shape index (κ2) is 11.1. The fourth-order valence-electron chi connectivity index (χ4n) is 3.17. The molecule has 0 atom stereocenters. The molecule has 0 nitrogen and oxygen atoms in total. The molecule has 4 aromatic rings. The topological polar surface area (TPSA) is 0 Å². The molecule has 0 amide bonds. The van der Waals surface area contributed by atoms with Gasteiger partial charge in [-0.25, -0.2) is 0 Å². The van der Waals surface area contributed by atoms with Crippen LogP contribution in [0.25, 0.3) is 21.5 Å². The minimum Gasteiger partial charge on any atom is -1.00 e. The summed E-state index contributed by atoms with van der Waals surface area (Å²) in [7, 11) is -2.23. The van der Waals surface area contributed by atoms with Crippen molar-refractivity contribution in [1.82, 2.24) is 0 Å². The van der Waals surface area contributed by atoms with E-state index in [2.05, 4.69) is 112 Å². The Balaban J connectivity index is 0.000000490. The van der Waals surface area contributed by atoms with Crippen LogP contribution in [0.15, 0.2) is 72.8 Å². The first-order valence-corrected chi connectivity index (χ1v) is 16.5. The Hall–Kier alpha value is -0.612. The normalized spacial score (nSPS) is 11.0. The van der Waals surface area contributed by atoms with Crippen LogP contribution in [-0.4, -0.2) is 16.1 Å². The van der Waals surface area contributed by atoms with Gasteiger partial charge < -0.3 is 24.8 Å². The van der Waals surface area contributed by atoms with Gasteiger partial charge in [-0.05, 0) is 0 Å². The van der Waals surface area contributed by atoms with Crippen molar-refractivity contribution in [1.29, 1.82) is 0 Å². The molecule has 4 aromatic carbocycles. The Morgan fingerprint density at radius 3 is 1.14 bits per heavy atom. The standard InChI is InChI=1S/2C12H15Si.2ClH.Ti/c2*1-13(2,3)12-8-10-6-4-5-7-11(10)9-12;;;/h2*4-9H,1-3H3;2*1H;/q2*-1;;;+4/p-2. The van der Waals surface area contributed by atoms with Crippen molar-refractivity contribution in [3.05, 3.63) is 72.8 Å². The van der Waals surface area contributed by atoms with E-state index in [0.717, 1.165) is 0 Å². The van der Waals surface area contributed by atoms with Gasteiger partial charge in [-0.2, -0.15) is 22.9 Å². The summed E-state index contributed by atoms with van der Waals surface area (Å²) < 4.78 is 0. The zero-order valence-electron chi connectivity index (χ0n) is 18.2. The average molecular weight is 493 g/mol. The van der Waals surface area contributed by atoms with Gasteiger partial charge >= 0.3 is 21.7 Å². The molecule has 0 aliphatic rings. The molecule has 0 spiro atoms. The summed E-state index contributed by atoms with van der Waals surface area (Å²) >= 11 is 0. The van der Waals surface area contributed by atoms with Crippen LogP contribution >= 0.6 is 0 Å². The van der Waals surface area contributed by atoms with E-state index in [9.17, 15) is 0 Å². The molecule has 0 saturated carbocycles. The van der Waals surface area contributed by atoms with E-state index in [1.165, 1.54) is 21.5 Å². The third-order valence-electron chi connectivity index (χ3n) is 4.97. The summed E-state index contributed by atoms with van der Waals surface area (Å²) in [6.07, 6.45) is 0. The molecular weight excluding hydrogens is 463 g/mol. The molecule has 4 rings (SSSR count). The maximum atomic E-state index is 2.39. The maximum Gasteiger partial charge on any atom is 4.00 e. The van der Waals surface area contributed by atoms with Crippen LogP contribution in [0.5, 0.6) is 0 Å². The Morgan fingerprint density at radius 2 is 0.862 bits per heavy atom. The summed E-state index contributed by atoms with van der Waals surface area (Å²) in [6, 6.07) is 26.6. The van der Waals surface area contributed by atoms with Crippen molar-refractivity contribution < 1.29 is 46.5 Å². The Bertz CT molecular complexity index is 870. The summed E-state index contributed by atoms with van der Waals surface area (Å²) in [5.41, 5.74) is 0. The van der Waals surface area contributed by atoms with Crippen LogP contribution in [0.4, 0.5) is 0 Å². The summed E-state index contributed by atoms with van der Waals surface area (Å²) in [6.45, 7) is 14.3. The predicted octanol–water partition coefficient (Wildman–Crippen LogP) is 0.213. The van der Waals surface area contributed by atoms with Crippen LogP contribution < -0.4 is 35.2 Å². The third-order valence-corrected chi connectivity index (χ3v) is 9.01. The van der Waals surface area contributed by atoms with Crippen molar-refractivity contribution >= 4 is 48.1 Å². The maximum absolute atomic E-state index is 2.39.